The Morgan fingerprint density at radius 3 is 2.00 bits per heavy atom. The summed E-state index contributed by atoms with van der Waals surface area (Å²) in [6, 6.07) is 24.1. The molecule has 1 atom stereocenters. The van der Waals surface area contributed by atoms with Crippen LogP contribution in [0, 0.1) is 0 Å². The minimum absolute atomic E-state index is 0.132. The van der Waals surface area contributed by atoms with Crippen LogP contribution in [-0.2, 0) is 23.6 Å². The molecule has 0 bridgehead atoms. The van der Waals surface area contributed by atoms with Gasteiger partial charge in [-0.1, -0.05) is 60.7 Å². The molecule has 1 unspecified atom stereocenters. The lowest BCUT2D eigenvalue weighted by Crippen LogP contribution is -2.35. The molecule has 2 aromatic carbocycles. The van der Waals surface area contributed by atoms with Crippen LogP contribution in [0.25, 0.3) is 0 Å². The monoisotopic (exact) mass is 365 g/mol. The fraction of sp³-hybridized carbons (Fsp3) is 0.227. The number of hydrogen-bond acceptors (Lipinski definition) is 3. The molecular formula is C22H23NO2S. The quantitative estimate of drug-likeness (QED) is 0.555. The number of furan rings is 1. The van der Waals surface area contributed by atoms with Crippen molar-refractivity contribution in [2.45, 2.75) is 31.0 Å². The molecule has 0 aliphatic heterocycles. The fourth-order valence-electron chi connectivity index (χ4n) is 2.75. The topological polar surface area (TPSA) is 33.5 Å². The summed E-state index contributed by atoms with van der Waals surface area (Å²) in [6.45, 7) is 3.19. The number of benzene rings is 2. The highest BCUT2D eigenvalue weighted by Gasteiger charge is 2.21. The Morgan fingerprint density at radius 1 is 0.923 bits per heavy atom. The maximum absolute atomic E-state index is 13.1. The molecule has 0 fully saturated rings. The van der Waals surface area contributed by atoms with Crippen molar-refractivity contribution in [3.05, 3.63) is 95.9 Å². The second kappa shape index (κ2) is 9.30. The van der Waals surface area contributed by atoms with Crippen molar-refractivity contribution in [2.24, 2.45) is 0 Å². The van der Waals surface area contributed by atoms with Crippen LogP contribution in [0.1, 0.15) is 23.8 Å². The van der Waals surface area contributed by atoms with E-state index in [-0.39, 0.29) is 11.2 Å². The van der Waals surface area contributed by atoms with E-state index in [1.807, 2.05) is 60.4 Å². The second-order valence-corrected chi connectivity index (χ2v) is 7.53. The SMILES string of the molecule is CC(SCc1ccco1)C(=O)N(Cc1ccccc1)Cc1ccccc1. The second-order valence-electron chi connectivity index (χ2n) is 6.20. The van der Waals surface area contributed by atoms with Gasteiger partial charge in [0.1, 0.15) is 5.76 Å². The van der Waals surface area contributed by atoms with Crippen molar-refractivity contribution >= 4 is 17.7 Å². The lowest BCUT2D eigenvalue weighted by molar-refractivity contribution is -0.131. The number of amides is 1. The van der Waals surface area contributed by atoms with Crippen molar-refractivity contribution in [1.29, 1.82) is 0 Å². The van der Waals surface area contributed by atoms with E-state index in [1.165, 1.54) is 0 Å². The van der Waals surface area contributed by atoms with Gasteiger partial charge in [-0.25, -0.2) is 0 Å². The Morgan fingerprint density at radius 2 is 1.50 bits per heavy atom. The van der Waals surface area contributed by atoms with Gasteiger partial charge in [-0.3, -0.25) is 4.79 Å². The number of hydrogen-bond donors (Lipinski definition) is 0. The van der Waals surface area contributed by atoms with Gasteiger partial charge in [0.15, 0.2) is 0 Å². The highest BCUT2D eigenvalue weighted by atomic mass is 32.2. The summed E-state index contributed by atoms with van der Waals surface area (Å²) in [7, 11) is 0. The summed E-state index contributed by atoms with van der Waals surface area (Å²) >= 11 is 1.61. The number of carbonyl (C=O) groups is 1. The molecule has 3 aromatic rings. The maximum atomic E-state index is 13.1. The molecule has 26 heavy (non-hydrogen) atoms. The first-order chi connectivity index (χ1) is 12.7. The Hall–Kier alpha value is -2.46. The van der Waals surface area contributed by atoms with Crippen molar-refractivity contribution in [3.8, 4) is 0 Å². The molecule has 0 N–H and O–H groups in total. The van der Waals surface area contributed by atoms with Crippen LogP contribution < -0.4 is 0 Å². The van der Waals surface area contributed by atoms with E-state index in [9.17, 15) is 4.79 Å². The number of nitrogens with zero attached hydrogens (tertiary/aromatic N) is 1. The Bertz CT molecular complexity index is 746. The molecule has 0 radical (unpaired) electrons. The minimum Gasteiger partial charge on any atom is -0.468 e. The van der Waals surface area contributed by atoms with Crippen LogP contribution in [0.4, 0.5) is 0 Å². The summed E-state index contributed by atoms with van der Waals surface area (Å²) in [5.74, 6) is 1.74. The third kappa shape index (κ3) is 5.27. The van der Waals surface area contributed by atoms with Gasteiger partial charge in [0.25, 0.3) is 0 Å². The zero-order chi connectivity index (χ0) is 18.2. The lowest BCUT2D eigenvalue weighted by atomic mass is 10.1. The first-order valence-corrected chi connectivity index (χ1v) is 9.78. The molecule has 0 spiro atoms. The molecule has 3 rings (SSSR count). The van der Waals surface area contributed by atoms with Crippen LogP contribution >= 0.6 is 11.8 Å². The molecule has 0 saturated heterocycles. The van der Waals surface area contributed by atoms with Crippen LogP contribution in [0.5, 0.6) is 0 Å². The van der Waals surface area contributed by atoms with Gasteiger partial charge in [-0.15, -0.1) is 11.8 Å². The predicted octanol–water partition coefficient (Wildman–Crippen LogP) is 5.13. The van der Waals surface area contributed by atoms with E-state index in [0.29, 0.717) is 18.8 Å². The molecule has 1 aromatic heterocycles. The summed E-state index contributed by atoms with van der Waals surface area (Å²) in [5.41, 5.74) is 2.28. The van der Waals surface area contributed by atoms with Crippen LogP contribution in [0.15, 0.2) is 83.5 Å². The van der Waals surface area contributed by atoms with Gasteiger partial charge in [-0.05, 0) is 30.2 Å². The number of rotatable bonds is 8. The third-order valence-corrected chi connectivity index (χ3v) is 5.30. The zero-order valence-corrected chi connectivity index (χ0v) is 15.7. The highest BCUT2D eigenvalue weighted by molar-refractivity contribution is 7.99. The van der Waals surface area contributed by atoms with Crippen molar-refractivity contribution in [3.63, 3.8) is 0 Å². The van der Waals surface area contributed by atoms with Gasteiger partial charge >= 0.3 is 0 Å². The highest BCUT2D eigenvalue weighted by Crippen LogP contribution is 2.21. The Kier molecular flexibility index (Phi) is 6.56. The van der Waals surface area contributed by atoms with E-state index in [1.54, 1.807) is 18.0 Å². The van der Waals surface area contributed by atoms with Gasteiger partial charge in [0, 0.05) is 13.1 Å². The number of thioether (sulfide) groups is 1. The Balaban J connectivity index is 1.69. The molecule has 4 heteroatoms. The van der Waals surface area contributed by atoms with Crippen molar-refractivity contribution < 1.29 is 9.21 Å². The largest absolute Gasteiger partial charge is 0.468 e. The van der Waals surface area contributed by atoms with Crippen molar-refractivity contribution in [1.82, 2.24) is 4.90 Å². The van der Waals surface area contributed by atoms with Gasteiger partial charge in [0.2, 0.25) is 5.91 Å². The summed E-state index contributed by atoms with van der Waals surface area (Å²) < 4.78 is 5.37. The number of carbonyl (C=O) groups excluding carboxylic acids is 1. The zero-order valence-electron chi connectivity index (χ0n) is 14.9. The van der Waals surface area contributed by atoms with Crippen LogP contribution in [-0.4, -0.2) is 16.1 Å². The van der Waals surface area contributed by atoms with E-state index in [4.69, 9.17) is 4.42 Å². The van der Waals surface area contributed by atoms with Gasteiger partial charge in [0.05, 0.1) is 17.3 Å². The summed E-state index contributed by atoms with van der Waals surface area (Å²) in [6.07, 6.45) is 1.67. The normalized spacial score (nSPS) is 11.9. The van der Waals surface area contributed by atoms with Crippen molar-refractivity contribution in [2.75, 3.05) is 0 Å². The van der Waals surface area contributed by atoms with Gasteiger partial charge in [-0.2, -0.15) is 0 Å². The average Bonchev–Trinajstić information content (AvgIpc) is 3.20. The van der Waals surface area contributed by atoms with Gasteiger partial charge < -0.3 is 9.32 Å². The fourth-order valence-corrected chi connectivity index (χ4v) is 3.62. The Labute approximate surface area is 159 Å². The standard InChI is InChI=1S/C22H23NO2S/c1-18(26-17-21-13-8-14-25-21)22(24)23(15-19-9-4-2-5-10-19)16-20-11-6-3-7-12-20/h2-14,18H,15-17H2,1H3. The first kappa shape index (κ1) is 18.3. The van der Waals surface area contributed by atoms with Crippen LogP contribution in [0.3, 0.4) is 0 Å². The molecule has 1 amide bonds. The first-order valence-electron chi connectivity index (χ1n) is 8.73. The molecule has 3 nitrogen and oxygen atoms in total. The predicted molar refractivity (Wildman–Crippen MR) is 107 cm³/mol. The molecule has 0 aliphatic carbocycles. The summed E-state index contributed by atoms with van der Waals surface area (Å²) in [5, 5.41) is -0.132. The maximum Gasteiger partial charge on any atom is 0.236 e. The minimum atomic E-state index is -0.132. The summed E-state index contributed by atoms with van der Waals surface area (Å²) in [4.78, 5) is 15.0. The molecule has 134 valence electrons. The molecule has 1 heterocycles. The molecule has 0 aliphatic rings. The van der Waals surface area contributed by atoms with Crippen LogP contribution in [0.2, 0.25) is 0 Å². The third-order valence-electron chi connectivity index (χ3n) is 4.15. The van der Waals surface area contributed by atoms with E-state index >= 15 is 0 Å². The molecular weight excluding hydrogens is 342 g/mol. The lowest BCUT2D eigenvalue weighted by Gasteiger charge is -2.26. The van der Waals surface area contributed by atoms with E-state index in [0.717, 1.165) is 16.9 Å². The van der Waals surface area contributed by atoms with E-state index in [2.05, 4.69) is 24.3 Å². The average molecular weight is 365 g/mol. The van der Waals surface area contributed by atoms with E-state index < -0.39 is 0 Å². The molecule has 0 saturated carbocycles. The smallest absolute Gasteiger partial charge is 0.236 e.